The Morgan fingerprint density at radius 3 is 2.71 bits per heavy atom. The van der Waals surface area contributed by atoms with Crippen molar-refractivity contribution in [2.24, 2.45) is 0 Å². The van der Waals surface area contributed by atoms with Gasteiger partial charge in [0.25, 0.3) is 0 Å². The Labute approximate surface area is 107 Å². The molecule has 7 heteroatoms. The van der Waals surface area contributed by atoms with Crippen LogP contribution in [0.25, 0.3) is 0 Å². The Bertz CT molecular complexity index is 242. The molecule has 1 N–H and O–H groups in total. The van der Waals surface area contributed by atoms with E-state index in [1.165, 1.54) is 12.2 Å². The normalized spacial score (nSPS) is 20.5. The fourth-order valence-corrected chi connectivity index (χ4v) is 4.54. The zero-order valence-corrected chi connectivity index (χ0v) is 11.0. The third-order valence-corrected chi connectivity index (χ3v) is 5.40. The molecule has 0 radical (unpaired) electrons. The number of carbonyl (C=O) groups excluding carboxylic acids is 1. The highest BCUT2D eigenvalue weighted by atomic mass is 33.1. The largest absolute Gasteiger partial charge is 0.405 e. The predicted octanol–water partition coefficient (Wildman–Crippen LogP) is 3.38. The molecule has 0 aliphatic carbocycles. The van der Waals surface area contributed by atoms with E-state index in [1.54, 1.807) is 0 Å². The third-order valence-electron chi connectivity index (χ3n) is 2.39. The average Bonchev–Trinajstić information content (AvgIpc) is 2.73. The number of nitrogens with one attached hydrogen (secondary N) is 1. The molecule has 0 bridgehead atoms. The summed E-state index contributed by atoms with van der Waals surface area (Å²) in [6.45, 7) is -1.22. The van der Waals surface area contributed by atoms with E-state index in [0.717, 1.165) is 12.8 Å². The summed E-state index contributed by atoms with van der Waals surface area (Å²) in [7, 11) is 3.75. The molecule has 0 aromatic rings. The van der Waals surface area contributed by atoms with E-state index in [1.807, 2.05) is 26.9 Å². The zero-order chi connectivity index (χ0) is 12.7. The van der Waals surface area contributed by atoms with Crippen LogP contribution < -0.4 is 5.32 Å². The van der Waals surface area contributed by atoms with Crippen LogP contribution in [-0.2, 0) is 4.79 Å². The van der Waals surface area contributed by atoms with Crippen molar-refractivity contribution in [1.29, 1.82) is 0 Å². The van der Waals surface area contributed by atoms with Crippen LogP contribution in [0.2, 0.25) is 0 Å². The lowest BCUT2D eigenvalue weighted by atomic mass is 10.1. The zero-order valence-electron chi connectivity index (χ0n) is 9.39. The monoisotopic (exact) mass is 287 g/mol. The highest BCUT2D eigenvalue weighted by Gasteiger charge is 2.27. The Morgan fingerprint density at radius 1 is 1.35 bits per heavy atom. The van der Waals surface area contributed by atoms with Gasteiger partial charge in [0.05, 0.1) is 0 Å². The van der Waals surface area contributed by atoms with Gasteiger partial charge in [0.15, 0.2) is 0 Å². The van der Waals surface area contributed by atoms with Gasteiger partial charge in [-0.2, -0.15) is 13.2 Å². The first-order chi connectivity index (χ1) is 7.97. The van der Waals surface area contributed by atoms with Gasteiger partial charge in [-0.25, -0.2) is 0 Å². The fraction of sp³-hybridized carbons (Fsp3) is 0.900. The van der Waals surface area contributed by atoms with E-state index in [0.29, 0.717) is 11.7 Å². The summed E-state index contributed by atoms with van der Waals surface area (Å²) in [6.07, 6.45) is -0.267. The first-order valence-electron chi connectivity index (χ1n) is 5.59. The van der Waals surface area contributed by atoms with E-state index in [9.17, 15) is 18.0 Å². The second-order valence-corrected chi connectivity index (χ2v) is 6.75. The van der Waals surface area contributed by atoms with Crippen LogP contribution in [0.3, 0.4) is 0 Å². The molecule has 0 saturated carbocycles. The van der Waals surface area contributed by atoms with Crippen LogP contribution in [0.1, 0.15) is 32.1 Å². The van der Waals surface area contributed by atoms with Gasteiger partial charge in [-0.15, -0.1) is 0 Å². The number of rotatable bonds is 6. The maximum Gasteiger partial charge on any atom is 0.405 e. The molecular formula is C10H16F3NOS2. The lowest BCUT2D eigenvalue weighted by Crippen LogP contribution is -2.33. The Kier molecular flexibility index (Phi) is 6.54. The van der Waals surface area contributed by atoms with Crippen LogP contribution in [0, 0.1) is 0 Å². The van der Waals surface area contributed by atoms with E-state index < -0.39 is 18.6 Å². The summed E-state index contributed by atoms with van der Waals surface area (Å²) in [4.78, 5) is 11.1. The smallest absolute Gasteiger partial charge is 0.347 e. The van der Waals surface area contributed by atoms with Crippen molar-refractivity contribution in [1.82, 2.24) is 5.32 Å². The van der Waals surface area contributed by atoms with Crippen molar-refractivity contribution in [3.63, 3.8) is 0 Å². The third kappa shape index (κ3) is 7.81. The minimum atomic E-state index is -4.31. The molecule has 100 valence electrons. The quantitative estimate of drug-likeness (QED) is 0.600. The molecule has 2 nitrogen and oxygen atoms in total. The molecular weight excluding hydrogens is 271 g/mol. The molecule has 1 aliphatic rings. The van der Waals surface area contributed by atoms with Gasteiger partial charge in [0, 0.05) is 17.4 Å². The Hall–Kier alpha value is -0.0400. The number of amides is 1. The molecule has 1 aliphatic heterocycles. The minimum Gasteiger partial charge on any atom is -0.347 e. The molecule has 0 aromatic carbocycles. The van der Waals surface area contributed by atoms with Gasteiger partial charge in [-0.05, 0) is 19.3 Å². The van der Waals surface area contributed by atoms with Gasteiger partial charge in [-0.3, -0.25) is 4.79 Å². The molecule has 1 unspecified atom stereocenters. The van der Waals surface area contributed by atoms with E-state index in [4.69, 9.17) is 0 Å². The average molecular weight is 287 g/mol. The Balaban J connectivity index is 1.96. The maximum atomic E-state index is 11.8. The number of hydrogen-bond acceptors (Lipinski definition) is 3. The van der Waals surface area contributed by atoms with Crippen molar-refractivity contribution >= 4 is 27.5 Å². The summed E-state index contributed by atoms with van der Waals surface area (Å²) < 4.78 is 35.4. The van der Waals surface area contributed by atoms with Crippen molar-refractivity contribution in [2.75, 3.05) is 12.3 Å². The van der Waals surface area contributed by atoms with Gasteiger partial charge < -0.3 is 5.32 Å². The number of halogens is 3. The number of carbonyl (C=O) groups is 1. The van der Waals surface area contributed by atoms with Gasteiger partial charge in [-0.1, -0.05) is 28.0 Å². The van der Waals surface area contributed by atoms with Gasteiger partial charge in [0.1, 0.15) is 6.54 Å². The summed E-state index contributed by atoms with van der Waals surface area (Å²) in [5.74, 6) is 0.678. The van der Waals surface area contributed by atoms with Crippen LogP contribution in [0.15, 0.2) is 0 Å². The molecule has 1 saturated heterocycles. The summed E-state index contributed by atoms with van der Waals surface area (Å²) in [5.41, 5.74) is 0. The molecule has 0 spiro atoms. The van der Waals surface area contributed by atoms with Crippen LogP contribution in [0.4, 0.5) is 13.2 Å². The van der Waals surface area contributed by atoms with Crippen LogP contribution >= 0.6 is 21.6 Å². The van der Waals surface area contributed by atoms with Crippen molar-refractivity contribution < 1.29 is 18.0 Å². The summed E-state index contributed by atoms with van der Waals surface area (Å²) in [5, 5.41) is 2.54. The van der Waals surface area contributed by atoms with Crippen LogP contribution in [-0.4, -0.2) is 29.6 Å². The standard InChI is InChI=1S/C10H16F3NOS2/c11-10(12,13)7-14-9(15)4-2-1-3-8-5-6-16-17-8/h8H,1-7H2,(H,14,15). The second kappa shape index (κ2) is 7.41. The number of hydrogen-bond donors (Lipinski definition) is 1. The van der Waals surface area contributed by atoms with Crippen molar-refractivity contribution in [3.8, 4) is 0 Å². The lowest BCUT2D eigenvalue weighted by molar-refractivity contribution is -0.138. The molecule has 0 aromatic heterocycles. The van der Waals surface area contributed by atoms with Crippen LogP contribution in [0.5, 0.6) is 0 Å². The van der Waals surface area contributed by atoms with E-state index in [2.05, 4.69) is 0 Å². The van der Waals surface area contributed by atoms with Crippen molar-refractivity contribution in [2.45, 2.75) is 43.5 Å². The summed E-state index contributed by atoms with van der Waals surface area (Å²) in [6, 6.07) is 0. The first-order valence-corrected chi connectivity index (χ1v) is 7.97. The number of unbranched alkanes of at least 4 members (excludes halogenated alkanes) is 1. The molecule has 1 amide bonds. The van der Waals surface area contributed by atoms with Crippen molar-refractivity contribution in [3.05, 3.63) is 0 Å². The van der Waals surface area contributed by atoms with E-state index in [-0.39, 0.29) is 6.42 Å². The first kappa shape index (κ1) is 15.0. The highest BCUT2D eigenvalue weighted by molar-refractivity contribution is 8.77. The predicted molar refractivity (Wildman–Crippen MR) is 66.0 cm³/mol. The summed E-state index contributed by atoms with van der Waals surface area (Å²) >= 11 is 0. The second-order valence-electron chi connectivity index (χ2n) is 3.97. The number of alkyl halides is 3. The fourth-order valence-electron chi connectivity index (χ4n) is 1.51. The molecule has 1 atom stereocenters. The maximum absolute atomic E-state index is 11.8. The van der Waals surface area contributed by atoms with E-state index >= 15 is 0 Å². The van der Waals surface area contributed by atoms with Gasteiger partial charge in [0.2, 0.25) is 5.91 Å². The molecule has 17 heavy (non-hydrogen) atoms. The van der Waals surface area contributed by atoms with Gasteiger partial charge >= 0.3 is 6.18 Å². The molecule has 1 fully saturated rings. The highest BCUT2D eigenvalue weighted by Crippen LogP contribution is 2.39. The Morgan fingerprint density at radius 2 is 2.12 bits per heavy atom. The SMILES string of the molecule is O=C(CCCCC1CCSS1)NCC(F)(F)F. The minimum absolute atomic E-state index is 0.195. The molecule has 1 heterocycles. The topological polar surface area (TPSA) is 29.1 Å². The lowest BCUT2D eigenvalue weighted by Gasteiger charge is -2.09. The molecule has 1 rings (SSSR count).